The summed E-state index contributed by atoms with van der Waals surface area (Å²) in [6.45, 7) is 6.47. The maximum absolute atomic E-state index is 6.01. The zero-order valence-electron chi connectivity index (χ0n) is 12.3. The summed E-state index contributed by atoms with van der Waals surface area (Å²) < 4.78 is 0. The summed E-state index contributed by atoms with van der Waals surface area (Å²) in [5.74, 6) is 0.737. The summed E-state index contributed by atoms with van der Waals surface area (Å²) in [6, 6.07) is 7.52. The van der Waals surface area contributed by atoms with Crippen LogP contribution < -0.4 is 0 Å². The van der Waals surface area contributed by atoms with Gasteiger partial charge in [0.1, 0.15) is 0 Å². The normalized spacial score (nSPS) is 17.1. The van der Waals surface area contributed by atoms with Crippen LogP contribution in [0, 0.1) is 13.8 Å². The van der Waals surface area contributed by atoms with Crippen LogP contribution >= 0.6 is 11.6 Å². The van der Waals surface area contributed by atoms with Crippen molar-refractivity contribution in [3.63, 3.8) is 0 Å². The molecule has 0 aliphatic heterocycles. The first-order valence-electron chi connectivity index (χ1n) is 7.57. The molecular weight excluding hydrogens is 254 g/mol. The first kappa shape index (κ1) is 14.9. The lowest BCUT2D eigenvalue weighted by molar-refractivity contribution is 0.157. The van der Waals surface area contributed by atoms with Crippen LogP contribution in [-0.4, -0.2) is 23.4 Å². The van der Waals surface area contributed by atoms with E-state index in [2.05, 4.69) is 36.9 Å². The molecule has 0 atom stereocenters. The molecule has 0 unspecified atom stereocenters. The van der Waals surface area contributed by atoms with Gasteiger partial charge in [-0.05, 0) is 37.8 Å². The Balaban J connectivity index is 2.08. The molecule has 1 saturated carbocycles. The van der Waals surface area contributed by atoms with Crippen LogP contribution in [0.1, 0.15) is 48.8 Å². The van der Waals surface area contributed by atoms with Crippen molar-refractivity contribution in [2.24, 2.45) is 0 Å². The van der Waals surface area contributed by atoms with Gasteiger partial charge in [0.2, 0.25) is 0 Å². The lowest BCUT2D eigenvalue weighted by Crippen LogP contribution is -2.37. The molecule has 1 fully saturated rings. The second-order valence-corrected chi connectivity index (χ2v) is 6.26. The monoisotopic (exact) mass is 279 g/mol. The Bertz CT molecular complexity index is 396. The lowest BCUT2D eigenvalue weighted by Gasteiger charge is -2.34. The van der Waals surface area contributed by atoms with Crippen LogP contribution in [0.2, 0.25) is 0 Å². The fourth-order valence-electron chi connectivity index (χ4n) is 3.13. The second-order valence-electron chi connectivity index (χ2n) is 5.88. The molecule has 0 heterocycles. The van der Waals surface area contributed by atoms with E-state index in [-0.39, 0.29) is 0 Å². The summed E-state index contributed by atoms with van der Waals surface area (Å²) >= 11 is 6.01. The number of nitrogens with zero attached hydrogens (tertiary/aromatic N) is 1. The maximum Gasteiger partial charge on any atom is 0.0351 e. The van der Waals surface area contributed by atoms with Gasteiger partial charge in [-0.25, -0.2) is 0 Å². The van der Waals surface area contributed by atoms with Crippen molar-refractivity contribution in [3.8, 4) is 0 Å². The van der Waals surface area contributed by atoms with Crippen molar-refractivity contribution in [2.45, 2.75) is 58.5 Å². The molecule has 1 aromatic rings. The molecular formula is C17H26ClN. The van der Waals surface area contributed by atoms with Crippen LogP contribution in [0.25, 0.3) is 0 Å². The van der Waals surface area contributed by atoms with E-state index in [0.29, 0.717) is 0 Å². The molecule has 0 saturated heterocycles. The van der Waals surface area contributed by atoms with Crippen molar-refractivity contribution in [1.82, 2.24) is 4.90 Å². The fourth-order valence-corrected chi connectivity index (χ4v) is 3.35. The Morgan fingerprint density at radius 1 is 1.16 bits per heavy atom. The average Bonchev–Trinajstić information content (AvgIpc) is 2.43. The number of rotatable bonds is 5. The molecule has 1 aliphatic rings. The molecule has 0 spiro atoms. The smallest absolute Gasteiger partial charge is 0.0351 e. The standard InChI is InChI=1S/C17H26ClN/c1-14-8-9-15(2)16(12-14)13-19(11-10-18)17-6-4-3-5-7-17/h8-9,12,17H,3-7,10-11,13H2,1-2H3. The second kappa shape index (κ2) is 7.31. The highest BCUT2D eigenvalue weighted by atomic mass is 35.5. The Kier molecular flexibility index (Phi) is 5.72. The molecule has 0 bridgehead atoms. The summed E-state index contributed by atoms with van der Waals surface area (Å²) in [4.78, 5) is 2.61. The summed E-state index contributed by atoms with van der Waals surface area (Å²) in [5, 5.41) is 0. The van der Waals surface area contributed by atoms with E-state index in [0.717, 1.165) is 25.0 Å². The van der Waals surface area contributed by atoms with E-state index in [1.54, 1.807) is 0 Å². The van der Waals surface area contributed by atoms with Crippen molar-refractivity contribution in [2.75, 3.05) is 12.4 Å². The van der Waals surface area contributed by atoms with Crippen molar-refractivity contribution in [3.05, 3.63) is 34.9 Å². The van der Waals surface area contributed by atoms with Crippen LogP contribution in [0.3, 0.4) is 0 Å². The summed E-state index contributed by atoms with van der Waals surface area (Å²) in [6.07, 6.45) is 6.88. The first-order chi connectivity index (χ1) is 9.20. The number of benzene rings is 1. The van der Waals surface area contributed by atoms with Gasteiger partial charge in [-0.15, -0.1) is 11.6 Å². The molecule has 0 radical (unpaired) electrons. The number of hydrogen-bond acceptors (Lipinski definition) is 1. The number of hydrogen-bond donors (Lipinski definition) is 0. The molecule has 2 heteroatoms. The van der Waals surface area contributed by atoms with E-state index in [9.17, 15) is 0 Å². The van der Waals surface area contributed by atoms with Crippen molar-refractivity contribution < 1.29 is 0 Å². The van der Waals surface area contributed by atoms with E-state index in [1.807, 2.05) is 0 Å². The molecule has 1 nitrogen and oxygen atoms in total. The van der Waals surface area contributed by atoms with E-state index >= 15 is 0 Å². The van der Waals surface area contributed by atoms with Crippen LogP contribution in [0.5, 0.6) is 0 Å². The van der Waals surface area contributed by atoms with Gasteiger partial charge in [0.25, 0.3) is 0 Å². The minimum absolute atomic E-state index is 0.737. The van der Waals surface area contributed by atoms with Crippen LogP contribution in [0.15, 0.2) is 18.2 Å². The molecule has 0 aromatic heterocycles. The van der Waals surface area contributed by atoms with E-state index in [1.165, 1.54) is 48.8 Å². The molecule has 19 heavy (non-hydrogen) atoms. The topological polar surface area (TPSA) is 3.24 Å². The van der Waals surface area contributed by atoms with Crippen molar-refractivity contribution >= 4 is 11.6 Å². The van der Waals surface area contributed by atoms with E-state index in [4.69, 9.17) is 11.6 Å². The molecule has 0 amide bonds. The quantitative estimate of drug-likeness (QED) is 0.708. The number of alkyl halides is 1. The van der Waals surface area contributed by atoms with Gasteiger partial charge >= 0.3 is 0 Å². The predicted octanol–water partition coefficient (Wildman–Crippen LogP) is 4.68. The zero-order chi connectivity index (χ0) is 13.7. The lowest BCUT2D eigenvalue weighted by atomic mass is 9.93. The Labute approximate surface area is 123 Å². The van der Waals surface area contributed by atoms with Gasteiger partial charge in [0.15, 0.2) is 0 Å². The number of halogens is 1. The average molecular weight is 280 g/mol. The van der Waals surface area contributed by atoms with Gasteiger partial charge in [-0.1, -0.05) is 43.0 Å². The summed E-state index contributed by atoms with van der Waals surface area (Å²) in [5.41, 5.74) is 4.23. The minimum Gasteiger partial charge on any atom is -0.295 e. The van der Waals surface area contributed by atoms with Gasteiger partial charge in [-0.3, -0.25) is 4.90 Å². The minimum atomic E-state index is 0.737. The Hall–Kier alpha value is -0.530. The third-order valence-corrected chi connectivity index (χ3v) is 4.51. The third kappa shape index (κ3) is 4.22. The molecule has 2 rings (SSSR count). The van der Waals surface area contributed by atoms with Gasteiger partial charge in [0.05, 0.1) is 0 Å². The van der Waals surface area contributed by atoms with Crippen LogP contribution in [-0.2, 0) is 6.54 Å². The Morgan fingerprint density at radius 3 is 2.58 bits per heavy atom. The van der Waals surface area contributed by atoms with Gasteiger partial charge < -0.3 is 0 Å². The van der Waals surface area contributed by atoms with Gasteiger partial charge in [0, 0.05) is 25.0 Å². The zero-order valence-corrected chi connectivity index (χ0v) is 13.0. The highest BCUT2D eigenvalue weighted by molar-refractivity contribution is 6.18. The molecule has 0 N–H and O–H groups in total. The van der Waals surface area contributed by atoms with Crippen molar-refractivity contribution in [1.29, 1.82) is 0 Å². The highest BCUT2D eigenvalue weighted by Crippen LogP contribution is 2.25. The predicted molar refractivity (Wildman–Crippen MR) is 83.9 cm³/mol. The fraction of sp³-hybridized carbons (Fsp3) is 0.647. The molecule has 1 aromatic carbocycles. The first-order valence-corrected chi connectivity index (χ1v) is 8.10. The number of aryl methyl sites for hydroxylation is 2. The Morgan fingerprint density at radius 2 is 1.89 bits per heavy atom. The highest BCUT2D eigenvalue weighted by Gasteiger charge is 2.21. The SMILES string of the molecule is Cc1ccc(C)c(CN(CCCl)C2CCCCC2)c1. The third-order valence-electron chi connectivity index (χ3n) is 4.34. The molecule has 106 valence electrons. The maximum atomic E-state index is 6.01. The van der Waals surface area contributed by atoms with Gasteiger partial charge in [-0.2, -0.15) is 0 Å². The largest absolute Gasteiger partial charge is 0.295 e. The van der Waals surface area contributed by atoms with E-state index < -0.39 is 0 Å². The molecule has 1 aliphatic carbocycles. The summed E-state index contributed by atoms with van der Waals surface area (Å²) in [7, 11) is 0. The van der Waals surface area contributed by atoms with Crippen LogP contribution in [0.4, 0.5) is 0 Å².